The van der Waals surface area contributed by atoms with Crippen molar-refractivity contribution in [1.29, 1.82) is 5.26 Å². The van der Waals surface area contributed by atoms with Gasteiger partial charge in [-0.3, -0.25) is 10.1 Å². The van der Waals surface area contributed by atoms with E-state index in [2.05, 4.69) is 11.1 Å². The van der Waals surface area contributed by atoms with Crippen LogP contribution in [0.4, 0.5) is 16.3 Å². The molecule has 2 aromatic rings. The summed E-state index contributed by atoms with van der Waals surface area (Å²) in [4.78, 5) is 32.4. The van der Waals surface area contributed by atoms with Crippen LogP contribution in [0.15, 0.2) is 24.3 Å². The second kappa shape index (κ2) is 6.84. The number of fused-ring (bicyclic) bond motifs is 1. The number of anilines is 1. The van der Waals surface area contributed by atoms with Crippen molar-refractivity contribution in [3.63, 3.8) is 0 Å². The monoisotopic (exact) mass is 354 g/mol. The molecule has 2 amide bonds. The van der Waals surface area contributed by atoms with E-state index in [-0.39, 0.29) is 11.7 Å². The van der Waals surface area contributed by atoms with Gasteiger partial charge < -0.3 is 14.7 Å². The van der Waals surface area contributed by atoms with Crippen molar-refractivity contribution in [2.45, 2.75) is 0 Å². The average molecular weight is 354 g/mol. The number of non-ortho nitro benzene ring substituents is 1. The van der Waals surface area contributed by atoms with Crippen LogP contribution in [-0.4, -0.2) is 66.0 Å². The van der Waals surface area contributed by atoms with Gasteiger partial charge in [-0.2, -0.15) is 5.26 Å². The van der Waals surface area contributed by atoms with Crippen molar-refractivity contribution >= 4 is 28.4 Å². The zero-order chi connectivity index (χ0) is 18.8. The first kappa shape index (κ1) is 17.4. The fraction of sp³-hybridized carbons (Fsp3) is 0.353. The molecule has 9 nitrogen and oxygen atoms in total. The number of pyridine rings is 1. The third-order valence-electron chi connectivity index (χ3n) is 4.37. The van der Waals surface area contributed by atoms with E-state index < -0.39 is 4.92 Å². The minimum Gasteiger partial charge on any atom is -0.353 e. The number of amides is 2. The lowest BCUT2D eigenvalue weighted by Crippen LogP contribution is -2.51. The molecule has 1 aromatic heterocycles. The molecule has 0 aliphatic carbocycles. The Morgan fingerprint density at radius 2 is 1.96 bits per heavy atom. The number of hydrogen-bond acceptors (Lipinski definition) is 6. The molecule has 2 heterocycles. The number of benzene rings is 1. The first-order valence-electron chi connectivity index (χ1n) is 8.11. The van der Waals surface area contributed by atoms with Crippen LogP contribution in [-0.2, 0) is 0 Å². The van der Waals surface area contributed by atoms with E-state index in [1.165, 1.54) is 12.1 Å². The van der Waals surface area contributed by atoms with Gasteiger partial charge in [0, 0.05) is 57.8 Å². The quantitative estimate of drug-likeness (QED) is 0.601. The highest BCUT2D eigenvalue weighted by Crippen LogP contribution is 2.26. The molecule has 0 saturated carbocycles. The van der Waals surface area contributed by atoms with Crippen molar-refractivity contribution < 1.29 is 9.72 Å². The predicted octanol–water partition coefficient (Wildman–Crippen LogP) is 1.82. The number of carbonyl (C=O) groups is 1. The summed E-state index contributed by atoms with van der Waals surface area (Å²) in [6.07, 6.45) is 0. The van der Waals surface area contributed by atoms with E-state index in [1.807, 2.05) is 4.90 Å². The molecule has 1 aromatic carbocycles. The van der Waals surface area contributed by atoms with Gasteiger partial charge in [-0.05, 0) is 12.1 Å². The Kier molecular flexibility index (Phi) is 4.58. The molecule has 9 heteroatoms. The molecular weight excluding hydrogens is 336 g/mol. The Bertz CT molecular complexity index is 913. The SMILES string of the molecule is CN(C)C(=O)N1CCN(c2cc(C#N)c3cc([N+](=O)[O-])ccc3n2)CC1. The van der Waals surface area contributed by atoms with E-state index in [0.717, 1.165) is 0 Å². The Morgan fingerprint density at radius 1 is 1.27 bits per heavy atom. The van der Waals surface area contributed by atoms with Gasteiger partial charge in [0.1, 0.15) is 5.82 Å². The number of nitro groups is 1. The molecule has 0 radical (unpaired) electrons. The zero-order valence-corrected chi connectivity index (χ0v) is 14.5. The van der Waals surface area contributed by atoms with E-state index >= 15 is 0 Å². The molecule has 1 aliphatic rings. The Morgan fingerprint density at radius 3 is 2.54 bits per heavy atom. The van der Waals surface area contributed by atoms with Gasteiger partial charge in [-0.25, -0.2) is 9.78 Å². The molecule has 0 unspecified atom stereocenters. The van der Waals surface area contributed by atoms with Gasteiger partial charge >= 0.3 is 6.03 Å². The van der Waals surface area contributed by atoms with E-state index in [1.54, 1.807) is 36.0 Å². The van der Waals surface area contributed by atoms with Crippen LogP contribution in [0.5, 0.6) is 0 Å². The number of nitrogens with zero attached hydrogens (tertiary/aromatic N) is 6. The van der Waals surface area contributed by atoms with Crippen molar-refractivity contribution in [2.75, 3.05) is 45.2 Å². The highest BCUT2D eigenvalue weighted by Gasteiger charge is 2.23. The van der Waals surface area contributed by atoms with E-state index in [4.69, 9.17) is 0 Å². The molecule has 0 spiro atoms. The van der Waals surface area contributed by atoms with Gasteiger partial charge in [0.15, 0.2) is 0 Å². The first-order valence-corrected chi connectivity index (χ1v) is 8.11. The summed E-state index contributed by atoms with van der Waals surface area (Å²) in [7, 11) is 3.44. The van der Waals surface area contributed by atoms with Crippen LogP contribution < -0.4 is 4.90 Å². The minimum atomic E-state index is -0.491. The van der Waals surface area contributed by atoms with Crippen molar-refractivity contribution in [3.05, 3.63) is 39.9 Å². The molecule has 0 N–H and O–H groups in total. The maximum absolute atomic E-state index is 12.0. The molecule has 26 heavy (non-hydrogen) atoms. The number of rotatable bonds is 2. The van der Waals surface area contributed by atoms with Crippen LogP contribution in [0.1, 0.15) is 5.56 Å². The summed E-state index contributed by atoms with van der Waals surface area (Å²) in [6, 6.07) is 8.03. The third kappa shape index (κ3) is 3.21. The minimum absolute atomic E-state index is 0.0267. The third-order valence-corrected chi connectivity index (χ3v) is 4.37. The molecule has 134 valence electrons. The Labute approximate surface area is 150 Å². The average Bonchev–Trinajstić information content (AvgIpc) is 2.66. The lowest BCUT2D eigenvalue weighted by molar-refractivity contribution is -0.384. The molecule has 1 saturated heterocycles. The van der Waals surface area contributed by atoms with E-state index in [0.29, 0.717) is 48.5 Å². The maximum atomic E-state index is 12.0. The molecular formula is C17H18N6O3. The summed E-state index contributed by atoms with van der Waals surface area (Å²) in [5, 5.41) is 20.9. The largest absolute Gasteiger partial charge is 0.353 e. The highest BCUT2D eigenvalue weighted by molar-refractivity contribution is 5.88. The summed E-state index contributed by atoms with van der Waals surface area (Å²) in [5.41, 5.74) is 0.816. The normalized spacial score (nSPS) is 14.2. The van der Waals surface area contributed by atoms with Gasteiger partial charge in [0.2, 0.25) is 0 Å². The second-order valence-corrected chi connectivity index (χ2v) is 6.25. The zero-order valence-electron chi connectivity index (χ0n) is 14.5. The molecule has 0 atom stereocenters. The number of nitriles is 1. The smallest absolute Gasteiger partial charge is 0.319 e. The summed E-state index contributed by atoms with van der Waals surface area (Å²) in [6.45, 7) is 2.35. The lowest BCUT2D eigenvalue weighted by atomic mass is 10.1. The van der Waals surface area contributed by atoms with Crippen LogP contribution in [0, 0.1) is 21.4 Å². The topological polar surface area (TPSA) is 107 Å². The molecule has 3 rings (SSSR count). The van der Waals surface area contributed by atoms with Crippen LogP contribution in [0.2, 0.25) is 0 Å². The molecule has 1 fully saturated rings. The number of carbonyl (C=O) groups excluding carboxylic acids is 1. The Hall–Kier alpha value is -3.41. The summed E-state index contributed by atoms with van der Waals surface area (Å²) < 4.78 is 0. The number of nitro benzene ring substituents is 1. The van der Waals surface area contributed by atoms with Gasteiger partial charge in [-0.15, -0.1) is 0 Å². The van der Waals surface area contributed by atoms with Crippen molar-refractivity contribution in [1.82, 2.24) is 14.8 Å². The van der Waals surface area contributed by atoms with E-state index in [9.17, 15) is 20.2 Å². The van der Waals surface area contributed by atoms with Gasteiger partial charge in [0.25, 0.3) is 5.69 Å². The second-order valence-electron chi connectivity index (χ2n) is 6.25. The number of hydrogen-bond donors (Lipinski definition) is 0. The van der Waals surface area contributed by atoms with Gasteiger partial charge in [-0.1, -0.05) is 0 Å². The van der Waals surface area contributed by atoms with Gasteiger partial charge in [0.05, 0.1) is 22.1 Å². The molecule has 0 bridgehead atoms. The maximum Gasteiger partial charge on any atom is 0.319 e. The number of piperazine rings is 1. The fourth-order valence-electron chi connectivity index (χ4n) is 2.98. The van der Waals surface area contributed by atoms with Crippen LogP contribution in [0.25, 0.3) is 10.9 Å². The van der Waals surface area contributed by atoms with Crippen molar-refractivity contribution in [2.24, 2.45) is 0 Å². The first-order chi connectivity index (χ1) is 12.4. The number of aromatic nitrogens is 1. The van der Waals surface area contributed by atoms with Crippen LogP contribution in [0.3, 0.4) is 0 Å². The summed E-state index contributed by atoms with van der Waals surface area (Å²) >= 11 is 0. The van der Waals surface area contributed by atoms with Crippen molar-refractivity contribution in [3.8, 4) is 6.07 Å². The predicted molar refractivity (Wildman–Crippen MR) is 96.0 cm³/mol. The van der Waals surface area contributed by atoms with Crippen LogP contribution >= 0.6 is 0 Å². The fourth-order valence-corrected chi connectivity index (χ4v) is 2.98. The lowest BCUT2D eigenvalue weighted by Gasteiger charge is -2.36. The standard InChI is InChI=1S/C17H18N6O3/c1-20(2)17(24)22-7-5-21(6-8-22)16-9-12(11-18)14-10-13(23(25)26)3-4-15(14)19-16/h3-4,9-10H,5-8H2,1-2H3. The Balaban J connectivity index is 1.88. The highest BCUT2D eigenvalue weighted by atomic mass is 16.6. The number of urea groups is 1. The molecule has 1 aliphatic heterocycles. The summed E-state index contributed by atoms with van der Waals surface area (Å²) in [5.74, 6) is 0.639.